The predicted octanol–water partition coefficient (Wildman–Crippen LogP) is 0.693. The van der Waals surface area contributed by atoms with Gasteiger partial charge in [-0.25, -0.2) is 15.0 Å². The maximum absolute atomic E-state index is 10.8. The fraction of sp³-hybridized carbons (Fsp3) is 0.364. The summed E-state index contributed by atoms with van der Waals surface area (Å²) in [7, 11) is -4.25. The van der Waals surface area contributed by atoms with E-state index in [1.54, 1.807) is 16.7 Å². The highest BCUT2D eigenvalue weighted by molar-refractivity contribution is 7.98. The summed E-state index contributed by atoms with van der Waals surface area (Å²) in [5, 5.41) is 0.507. The third-order valence-corrected chi connectivity index (χ3v) is 4.03. The molecule has 2 aromatic heterocycles. The minimum absolute atomic E-state index is 0.273. The highest BCUT2D eigenvalue weighted by Crippen LogP contribution is 2.36. The number of anilines is 1. The van der Waals surface area contributed by atoms with Crippen LogP contribution in [0.5, 0.6) is 0 Å². The molecule has 12 heteroatoms. The van der Waals surface area contributed by atoms with Crippen molar-refractivity contribution in [2.75, 3.05) is 18.3 Å². The van der Waals surface area contributed by atoms with Gasteiger partial charge in [0.15, 0.2) is 35.5 Å². The third kappa shape index (κ3) is 3.55. The molecule has 0 amide bonds. The monoisotopic (exact) mass is 359 g/mol. The zero-order chi connectivity index (χ0) is 16.6. The fourth-order valence-electron chi connectivity index (χ4n) is 2.03. The lowest BCUT2D eigenvalue weighted by Crippen LogP contribution is -2.16. The Kier molecular flexibility index (Phi) is 4.41. The standard InChI is InChI=1S/C11H14N5O5PS/c1-23-11-14-9(12)8-10(15-11)16(4-13-8)6-2-3-7(21-6)20-5-22(17,18)19/h2-4,6-7H,5H2,1H3,(H2,12,14,15)(H2,17,18,19)/t6-,7+/m1/s1. The maximum atomic E-state index is 10.8. The first kappa shape index (κ1) is 16.4. The second-order valence-electron chi connectivity index (χ2n) is 4.66. The number of aromatic nitrogens is 4. The molecule has 0 saturated carbocycles. The molecule has 0 saturated heterocycles. The van der Waals surface area contributed by atoms with E-state index in [2.05, 4.69) is 15.0 Å². The molecular formula is C11H14N5O5PS. The molecule has 3 rings (SSSR count). The number of rotatable bonds is 5. The molecule has 4 N–H and O–H groups in total. The first-order chi connectivity index (χ1) is 10.9. The van der Waals surface area contributed by atoms with Crippen molar-refractivity contribution in [2.45, 2.75) is 17.7 Å². The van der Waals surface area contributed by atoms with Crippen molar-refractivity contribution in [3.05, 3.63) is 18.5 Å². The summed E-state index contributed by atoms with van der Waals surface area (Å²) >= 11 is 1.35. The number of ether oxygens (including phenoxy) is 2. The molecule has 1 aliphatic rings. The van der Waals surface area contributed by atoms with Gasteiger partial charge in [-0.05, 0) is 18.4 Å². The van der Waals surface area contributed by atoms with Crippen LogP contribution in [-0.2, 0) is 14.0 Å². The Balaban J connectivity index is 1.81. The van der Waals surface area contributed by atoms with E-state index in [0.29, 0.717) is 16.3 Å². The number of nitrogen functional groups attached to an aromatic ring is 1. The maximum Gasteiger partial charge on any atom is 0.351 e. The van der Waals surface area contributed by atoms with E-state index in [4.69, 9.17) is 25.0 Å². The summed E-state index contributed by atoms with van der Waals surface area (Å²) < 4.78 is 23.0. The lowest BCUT2D eigenvalue weighted by molar-refractivity contribution is -0.125. The average molecular weight is 359 g/mol. The average Bonchev–Trinajstić information content (AvgIpc) is 3.10. The third-order valence-electron chi connectivity index (χ3n) is 3.00. The predicted molar refractivity (Wildman–Crippen MR) is 82.6 cm³/mol. The molecule has 2 aromatic rings. The molecule has 23 heavy (non-hydrogen) atoms. The van der Waals surface area contributed by atoms with Crippen LogP contribution in [0.2, 0.25) is 0 Å². The lowest BCUT2D eigenvalue weighted by Gasteiger charge is -2.16. The van der Waals surface area contributed by atoms with E-state index in [0.717, 1.165) is 0 Å². The molecule has 0 aromatic carbocycles. The second kappa shape index (κ2) is 6.19. The number of fused-ring (bicyclic) bond motifs is 1. The number of hydrogen-bond donors (Lipinski definition) is 3. The Hall–Kier alpha value is -1.49. The van der Waals surface area contributed by atoms with Gasteiger partial charge in [-0.2, -0.15) is 0 Å². The zero-order valence-electron chi connectivity index (χ0n) is 11.9. The van der Waals surface area contributed by atoms with Gasteiger partial charge in [-0.15, -0.1) is 0 Å². The van der Waals surface area contributed by atoms with Crippen molar-refractivity contribution in [1.29, 1.82) is 0 Å². The lowest BCUT2D eigenvalue weighted by atomic mass is 10.4. The van der Waals surface area contributed by atoms with E-state index in [1.165, 1.54) is 18.1 Å². The molecule has 0 unspecified atom stereocenters. The highest BCUT2D eigenvalue weighted by Gasteiger charge is 2.26. The molecule has 0 aliphatic carbocycles. The van der Waals surface area contributed by atoms with Crippen LogP contribution in [0.15, 0.2) is 23.6 Å². The Morgan fingerprint density at radius 2 is 2.26 bits per heavy atom. The second-order valence-corrected chi connectivity index (χ2v) is 7.02. The first-order valence-corrected chi connectivity index (χ1v) is 9.43. The summed E-state index contributed by atoms with van der Waals surface area (Å²) in [5.74, 6) is 0.273. The van der Waals surface area contributed by atoms with Crippen molar-refractivity contribution in [2.24, 2.45) is 0 Å². The van der Waals surface area contributed by atoms with E-state index in [-0.39, 0.29) is 5.82 Å². The van der Waals surface area contributed by atoms with Crippen LogP contribution < -0.4 is 5.73 Å². The number of nitrogens with zero attached hydrogens (tertiary/aromatic N) is 4. The van der Waals surface area contributed by atoms with Gasteiger partial charge in [0.05, 0.1) is 6.33 Å². The van der Waals surface area contributed by atoms with Gasteiger partial charge < -0.3 is 25.0 Å². The summed E-state index contributed by atoms with van der Waals surface area (Å²) in [6.45, 7) is 0. The zero-order valence-corrected chi connectivity index (χ0v) is 13.6. The molecule has 0 fully saturated rings. The van der Waals surface area contributed by atoms with Crippen molar-refractivity contribution >= 4 is 36.3 Å². The topological polar surface area (TPSA) is 146 Å². The van der Waals surface area contributed by atoms with E-state index < -0.39 is 26.5 Å². The number of thioether (sulfide) groups is 1. The number of hydrogen-bond acceptors (Lipinski definition) is 8. The highest BCUT2D eigenvalue weighted by atomic mass is 32.2. The Labute approximate surface area is 134 Å². The number of nitrogens with two attached hydrogens (primary N) is 1. The largest absolute Gasteiger partial charge is 0.382 e. The molecule has 0 spiro atoms. The molecule has 1 aliphatic heterocycles. The number of imidazole rings is 1. The minimum Gasteiger partial charge on any atom is -0.382 e. The van der Waals surface area contributed by atoms with Gasteiger partial charge in [0.25, 0.3) is 0 Å². The van der Waals surface area contributed by atoms with Crippen LogP contribution in [0.1, 0.15) is 6.23 Å². The Morgan fingerprint density at radius 1 is 1.48 bits per heavy atom. The normalized spacial score (nSPS) is 21.3. The van der Waals surface area contributed by atoms with Crippen molar-refractivity contribution < 1.29 is 23.8 Å². The van der Waals surface area contributed by atoms with Crippen LogP contribution >= 0.6 is 19.4 Å². The van der Waals surface area contributed by atoms with Gasteiger partial charge in [0.2, 0.25) is 0 Å². The Morgan fingerprint density at radius 3 is 2.96 bits per heavy atom. The molecule has 0 radical (unpaired) electrons. The smallest absolute Gasteiger partial charge is 0.351 e. The quantitative estimate of drug-likeness (QED) is 0.302. The summed E-state index contributed by atoms with van der Waals surface area (Å²) in [6, 6.07) is 0. The first-order valence-electron chi connectivity index (χ1n) is 6.41. The van der Waals surface area contributed by atoms with Crippen molar-refractivity contribution in [3.8, 4) is 0 Å². The van der Waals surface area contributed by atoms with Gasteiger partial charge in [0, 0.05) is 0 Å². The van der Waals surface area contributed by atoms with E-state index in [1.807, 2.05) is 6.26 Å². The fourth-order valence-corrected chi connectivity index (χ4v) is 2.74. The van der Waals surface area contributed by atoms with Gasteiger partial charge in [-0.1, -0.05) is 11.8 Å². The van der Waals surface area contributed by atoms with E-state index >= 15 is 0 Å². The SMILES string of the molecule is CSc1nc(N)c2ncn([C@H]3C=C[C@@H](OCP(=O)(O)O)O3)c2n1. The summed E-state index contributed by atoms with van der Waals surface area (Å²) in [4.78, 5) is 30.3. The van der Waals surface area contributed by atoms with Crippen LogP contribution in [0, 0.1) is 0 Å². The molecule has 124 valence electrons. The van der Waals surface area contributed by atoms with Crippen LogP contribution in [-0.4, -0.2) is 48.2 Å². The molecule has 10 nitrogen and oxygen atoms in total. The van der Waals surface area contributed by atoms with Crippen LogP contribution in [0.25, 0.3) is 11.2 Å². The molecule has 0 bridgehead atoms. The van der Waals surface area contributed by atoms with Crippen molar-refractivity contribution in [1.82, 2.24) is 19.5 Å². The molecule has 3 heterocycles. The van der Waals surface area contributed by atoms with Crippen LogP contribution in [0.3, 0.4) is 0 Å². The van der Waals surface area contributed by atoms with Gasteiger partial charge >= 0.3 is 7.60 Å². The van der Waals surface area contributed by atoms with Gasteiger partial charge in [0.1, 0.15) is 5.52 Å². The minimum atomic E-state index is -4.25. The molecule has 2 atom stereocenters. The van der Waals surface area contributed by atoms with Crippen LogP contribution in [0.4, 0.5) is 5.82 Å². The summed E-state index contributed by atoms with van der Waals surface area (Å²) in [5.41, 5.74) is 6.82. The van der Waals surface area contributed by atoms with Gasteiger partial charge in [-0.3, -0.25) is 9.13 Å². The van der Waals surface area contributed by atoms with E-state index in [9.17, 15) is 4.57 Å². The summed E-state index contributed by atoms with van der Waals surface area (Å²) in [6.07, 6.45) is 4.45. The Bertz CT molecular complexity index is 805. The van der Waals surface area contributed by atoms with Crippen molar-refractivity contribution in [3.63, 3.8) is 0 Å². The molecular weight excluding hydrogens is 345 g/mol.